The molecular weight excluding hydrogens is 318 g/mol. The average Bonchev–Trinajstić information content (AvgIpc) is 3.19. The van der Waals surface area contributed by atoms with Crippen molar-refractivity contribution in [2.45, 2.75) is 51.8 Å². The molecule has 1 unspecified atom stereocenters. The van der Waals surface area contributed by atoms with Crippen LogP contribution in [0.5, 0.6) is 5.75 Å². The third-order valence-electron chi connectivity index (χ3n) is 3.94. The zero-order chi connectivity index (χ0) is 14.8. The first-order valence-electron chi connectivity index (χ1n) is 7.25. The van der Waals surface area contributed by atoms with E-state index in [-0.39, 0.29) is 5.92 Å². The highest BCUT2D eigenvalue weighted by Gasteiger charge is 2.26. The van der Waals surface area contributed by atoms with Crippen LogP contribution >= 0.6 is 15.9 Å². The largest absolute Gasteiger partial charge is 0.490 e. The van der Waals surface area contributed by atoms with Gasteiger partial charge in [-0.2, -0.15) is 0 Å². The van der Waals surface area contributed by atoms with E-state index in [2.05, 4.69) is 27.3 Å². The number of hydrogen-bond acceptors (Lipinski definition) is 3. The Bertz CT molecular complexity index is 456. The number of aliphatic hydroxyl groups is 1. The van der Waals surface area contributed by atoms with E-state index in [0.29, 0.717) is 12.6 Å². The van der Waals surface area contributed by atoms with Crippen molar-refractivity contribution in [3.63, 3.8) is 0 Å². The molecule has 0 amide bonds. The summed E-state index contributed by atoms with van der Waals surface area (Å²) in [6.07, 6.45) is 2.54. The van der Waals surface area contributed by atoms with Crippen LogP contribution in [0.2, 0.25) is 0 Å². The molecule has 1 fully saturated rings. The van der Waals surface area contributed by atoms with Crippen LogP contribution in [-0.4, -0.2) is 23.4 Å². The quantitative estimate of drug-likeness (QED) is 0.797. The molecular formula is C16H24BrNO2. The van der Waals surface area contributed by atoms with E-state index in [1.807, 2.05) is 32.9 Å². The van der Waals surface area contributed by atoms with Crippen molar-refractivity contribution >= 4 is 15.9 Å². The van der Waals surface area contributed by atoms with Crippen LogP contribution in [0.25, 0.3) is 0 Å². The minimum atomic E-state index is -0.811. The van der Waals surface area contributed by atoms with Gasteiger partial charge in [-0.1, -0.05) is 29.8 Å². The molecule has 20 heavy (non-hydrogen) atoms. The molecule has 1 aromatic rings. The Balaban J connectivity index is 2.01. The van der Waals surface area contributed by atoms with Gasteiger partial charge in [0, 0.05) is 22.6 Å². The maximum absolute atomic E-state index is 10.3. The molecule has 112 valence electrons. The lowest BCUT2D eigenvalue weighted by Gasteiger charge is -2.28. The van der Waals surface area contributed by atoms with Crippen molar-refractivity contribution in [1.82, 2.24) is 5.32 Å². The number of rotatable bonds is 7. The summed E-state index contributed by atoms with van der Waals surface area (Å²) in [5.41, 5.74) is 0.319. The fraction of sp³-hybridized carbons (Fsp3) is 0.625. The lowest BCUT2D eigenvalue weighted by Crippen LogP contribution is -2.38. The van der Waals surface area contributed by atoms with Crippen LogP contribution in [0, 0.1) is 5.92 Å². The number of hydrogen-bond donors (Lipinski definition) is 2. The van der Waals surface area contributed by atoms with E-state index >= 15 is 0 Å². The predicted molar refractivity (Wildman–Crippen MR) is 85.0 cm³/mol. The van der Waals surface area contributed by atoms with Crippen LogP contribution in [0.4, 0.5) is 0 Å². The molecule has 0 heterocycles. The maximum Gasteiger partial charge on any atom is 0.124 e. The van der Waals surface area contributed by atoms with Gasteiger partial charge in [0.15, 0.2) is 0 Å². The molecule has 1 aliphatic rings. The molecule has 0 aromatic heterocycles. The summed E-state index contributed by atoms with van der Waals surface area (Å²) in [7, 11) is 0. The van der Waals surface area contributed by atoms with Crippen LogP contribution in [-0.2, 0) is 6.54 Å². The van der Waals surface area contributed by atoms with Gasteiger partial charge in [0.2, 0.25) is 0 Å². The maximum atomic E-state index is 10.3. The van der Waals surface area contributed by atoms with E-state index in [9.17, 15) is 5.11 Å². The minimum absolute atomic E-state index is 0.158. The van der Waals surface area contributed by atoms with Crippen LogP contribution in [0.3, 0.4) is 0 Å². The number of benzene rings is 1. The molecule has 3 nitrogen and oxygen atoms in total. The molecule has 2 N–H and O–H groups in total. The standard InChI is InChI=1S/C16H24BrNO2/c1-11(2)16(3,19)10-20-15-7-4-13(17)8-12(15)9-18-14-5-6-14/h4,7-8,11,14,18-19H,5-6,9-10H2,1-3H3. The van der Waals surface area contributed by atoms with Crippen molar-refractivity contribution in [3.8, 4) is 5.75 Å². The molecule has 0 saturated heterocycles. The van der Waals surface area contributed by atoms with Crippen LogP contribution in [0.15, 0.2) is 22.7 Å². The third-order valence-corrected chi connectivity index (χ3v) is 4.44. The van der Waals surface area contributed by atoms with Gasteiger partial charge in [-0.15, -0.1) is 0 Å². The van der Waals surface area contributed by atoms with E-state index in [1.54, 1.807) is 0 Å². The molecule has 1 saturated carbocycles. The average molecular weight is 342 g/mol. The molecule has 1 aromatic carbocycles. The Morgan fingerprint density at radius 3 is 2.75 bits per heavy atom. The normalized spacial score (nSPS) is 18.1. The first-order valence-corrected chi connectivity index (χ1v) is 8.05. The van der Waals surface area contributed by atoms with E-state index in [4.69, 9.17) is 4.74 Å². The molecule has 0 bridgehead atoms. The number of ether oxygens (including phenoxy) is 1. The second kappa shape index (κ2) is 6.46. The van der Waals surface area contributed by atoms with Gasteiger partial charge in [0.05, 0.1) is 5.60 Å². The highest BCUT2D eigenvalue weighted by atomic mass is 79.9. The third kappa shape index (κ3) is 4.47. The SMILES string of the molecule is CC(C)C(C)(O)COc1ccc(Br)cc1CNC1CC1. The highest BCUT2D eigenvalue weighted by Crippen LogP contribution is 2.27. The molecule has 1 atom stereocenters. The Kier molecular flexibility index (Phi) is 5.10. The summed E-state index contributed by atoms with van der Waals surface area (Å²) in [4.78, 5) is 0. The smallest absolute Gasteiger partial charge is 0.124 e. The first kappa shape index (κ1) is 15.8. The summed E-state index contributed by atoms with van der Waals surface area (Å²) in [5.74, 6) is 1.01. The second-order valence-electron chi connectivity index (χ2n) is 6.21. The Morgan fingerprint density at radius 2 is 2.15 bits per heavy atom. The van der Waals surface area contributed by atoms with Gasteiger partial charge < -0.3 is 15.2 Å². The first-order chi connectivity index (χ1) is 9.38. The summed E-state index contributed by atoms with van der Waals surface area (Å²) in [5, 5.41) is 13.8. The minimum Gasteiger partial charge on any atom is -0.490 e. The fourth-order valence-corrected chi connectivity index (χ4v) is 2.17. The Labute approximate surface area is 129 Å². The highest BCUT2D eigenvalue weighted by molar-refractivity contribution is 9.10. The van der Waals surface area contributed by atoms with Gasteiger partial charge in [-0.3, -0.25) is 0 Å². The summed E-state index contributed by atoms with van der Waals surface area (Å²) in [6, 6.07) is 6.68. The fourth-order valence-electron chi connectivity index (χ4n) is 1.76. The molecule has 0 spiro atoms. The van der Waals surface area contributed by atoms with Crippen molar-refractivity contribution in [2.75, 3.05) is 6.61 Å². The zero-order valence-corrected chi connectivity index (χ0v) is 14.0. The predicted octanol–water partition coefficient (Wildman–Crippen LogP) is 3.49. The van der Waals surface area contributed by atoms with E-state index < -0.39 is 5.60 Å². The van der Waals surface area contributed by atoms with Crippen LogP contribution in [0.1, 0.15) is 39.2 Å². The van der Waals surface area contributed by atoms with Gasteiger partial charge in [-0.05, 0) is 43.9 Å². The van der Waals surface area contributed by atoms with E-state index in [0.717, 1.165) is 22.3 Å². The summed E-state index contributed by atoms with van der Waals surface area (Å²) in [6.45, 7) is 6.94. The molecule has 0 aliphatic heterocycles. The van der Waals surface area contributed by atoms with Gasteiger partial charge in [-0.25, -0.2) is 0 Å². The van der Waals surface area contributed by atoms with E-state index in [1.165, 1.54) is 12.8 Å². The van der Waals surface area contributed by atoms with Gasteiger partial charge in [0.1, 0.15) is 12.4 Å². The Morgan fingerprint density at radius 1 is 1.45 bits per heavy atom. The summed E-state index contributed by atoms with van der Waals surface area (Å²) >= 11 is 3.50. The topological polar surface area (TPSA) is 41.5 Å². The number of halogens is 1. The molecule has 1 aliphatic carbocycles. The number of nitrogens with one attached hydrogen (secondary N) is 1. The van der Waals surface area contributed by atoms with Crippen molar-refractivity contribution in [2.24, 2.45) is 5.92 Å². The van der Waals surface area contributed by atoms with Crippen LogP contribution < -0.4 is 10.1 Å². The lowest BCUT2D eigenvalue weighted by molar-refractivity contribution is -0.0268. The van der Waals surface area contributed by atoms with Crippen molar-refractivity contribution < 1.29 is 9.84 Å². The van der Waals surface area contributed by atoms with Gasteiger partial charge in [0.25, 0.3) is 0 Å². The Hall–Kier alpha value is -0.580. The monoisotopic (exact) mass is 341 g/mol. The lowest BCUT2D eigenvalue weighted by atomic mass is 9.94. The summed E-state index contributed by atoms with van der Waals surface area (Å²) < 4.78 is 6.91. The molecule has 4 heteroatoms. The zero-order valence-electron chi connectivity index (χ0n) is 12.4. The second-order valence-corrected chi connectivity index (χ2v) is 7.12. The van der Waals surface area contributed by atoms with Crippen molar-refractivity contribution in [1.29, 1.82) is 0 Å². The molecule has 0 radical (unpaired) electrons. The molecule has 2 rings (SSSR count). The van der Waals surface area contributed by atoms with Gasteiger partial charge >= 0.3 is 0 Å². The van der Waals surface area contributed by atoms with Crippen molar-refractivity contribution in [3.05, 3.63) is 28.2 Å².